The number of carbonyl (C=O) groups is 3. The number of hydrogen-bond donors (Lipinski definition) is 3. The van der Waals surface area contributed by atoms with Crippen molar-refractivity contribution in [2.24, 2.45) is 0 Å². The molecular weight excluding hydrogens is 440 g/mol. The largest absolute Gasteiger partial charge is 0.444 e. The highest BCUT2D eigenvalue weighted by atomic mass is 35.5. The number of thioether (sulfide) groups is 1. The summed E-state index contributed by atoms with van der Waals surface area (Å²) in [5.74, 6) is -0.000918. The number of nitrogens with two attached hydrogens (primary N) is 1. The number of fused-ring (bicyclic) bond motifs is 1. The van der Waals surface area contributed by atoms with E-state index >= 15 is 0 Å². The molecule has 4 rings (SSSR count). The van der Waals surface area contributed by atoms with Crippen molar-refractivity contribution in [3.05, 3.63) is 47.0 Å². The Hall–Kier alpha value is -2.91. The zero-order valence-electron chi connectivity index (χ0n) is 16.5. The summed E-state index contributed by atoms with van der Waals surface area (Å²) in [6, 6.07) is 10.5. The van der Waals surface area contributed by atoms with Gasteiger partial charge < -0.3 is 21.1 Å². The highest BCUT2D eigenvalue weighted by Crippen LogP contribution is 2.35. The minimum Gasteiger partial charge on any atom is -0.444 e. The number of nitrogens with zero attached hydrogens (tertiary/aromatic N) is 1. The van der Waals surface area contributed by atoms with Crippen molar-refractivity contribution in [2.75, 3.05) is 34.8 Å². The fraction of sp³-hybridized carbons (Fsp3) is 0.286. The molecule has 2 heterocycles. The lowest BCUT2D eigenvalue weighted by Gasteiger charge is -2.20. The first kappa shape index (κ1) is 21.3. The molecule has 162 valence electrons. The van der Waals surface area contributed by atoms with Crippen LogP contribution in [0.3, 0.4) is 0 Å². The summed E-state index contributed by atoms with van der Waals surface area (Å²) >= 11 is 7.52. The zero-order chi connectivity index (χ0) is 22.0. The first-order chi connectivity index (χ1) is 14.9. The molecule has 1 atom stereocenters. The van der Waals surface area contributed by atoms with Crippen LogP contribution in [0.5, 0.6) is 0 Å². The monoisotopic (exact) mass is 460 g/mol. The molecule has 0 aliphatic carbocycles. The molecule has 0 spiro atoms. The van der Waals surface area contributed by atoms with Crippen molar-refractivity contribution in [3.63, 3.8) is 0 Å². The van der Waals surface area contributed by atoms with Crippen LogP contribution in [0.25, 0.3) is 0 Å². The van der Waals surface area contributed by atoms with Crippen LogP contribution in [0.2, 0.25) is 5.02 Å². The molecule has 1 fully saturated rings. The highest BCUT2D eigenvalue weighted by Gasteiger charge is 2.32. The van der Waals surface area contributed by atoms with Crippen LogP contribution in [0.15, 0.2) is 41.3 Å². The average Bonchev–Trinajstić information content (AvgIpc) is 3.11. The maximum Gasteiger partial charge on any atom is 0.414 e. The van der Waals surface area contributed by atoms with Gasteiger partial charge in [0, 0.05) is 22.8 Å². The van der Waals surface area contributed by atoms with Crippen molar-refractivity contribution in [3.8, 4) is 0 Å². The summed E-state index contributed by atoms with van der Waals surface area (Å²) in [7, 11) is 0. The third-order valence-electron chi connectivity index (χ3n) is 5.04. The summed E-state index contributed by atoms with van der Waals surface area (Å²) in [5, 5.41) is 5.93. The topological polar surface area (TPSA) is 114 Å². The number of rotatable bonds is 6. The molecule has 0 bridgehead atoms. The molecule has 1 saturated heterocycles. The molecule has 3 amide bonds. The minimum absolute atomic E-state index is 0.0582. The Bertz CT molecular complexity index is 1030. The Morgan fingerprint density at radius 2 is 2.16 bits per heavy atom. The van der Waals surface area contributed by atoms with Gasteiger partial charge in [-0.05, 0) is 43.2 Å². The zero-order valence-corrected chi connectivity index (χ0v) is 18.1. The van der Waals surface area contributed by atoms with Crippen LogP contribution in [-0.4, -0.2) is 42.9 Å². The lowest BCUT2D eigenvalue weighted by Crippen LogP contribution is -2.27. The molecular formula is C21H21ClN4O4S. The number of halogens is 1. The molecule has 0 saturated carbocycles. The Morgan fingerprint density at radius 3 is 2.97 bits per heavy atom. The molecule has 0 radical (unpaired) electrons. The molecule has 2 aromatic rings. The maximum absolute atomic E-state index is 12.3. The third kappa shape index (κ3) is 4.72. The van der Waals surface area contributed by atoms with E-state index in [0.717, 1.165) is 4.90 Å². The lowest BCUT2D eigenvalue weighted by atomic mass is 10.1. The maximum atomic E-state index is 12.3. The number of carbonyl (C=O) groups excluding carboxylic acids is 3. The van der Waals surface area contributed by atoms with Crippen molar-refractivity contribution in [2.45, 2.75) is 23.8 Å². The molecule has 1 unspecified atom stereocenters. The summed E-state index contributed by atoms with van der Waals surface area (Å²) in [6.07, 6.45) is 0.513. The quantitative estimate of drug-likeness (QED) is 0.449. The number of hydrogen-bond acceptors (Lipinski definition) is 6. The predicted molar refractivity (Wildman–Crippen MR) is 121 cm³/mol. The predicted octanol–water partition coefficient (Wildman–Crippen LogP) is 3.50. The summed E-state index contributed by atoms with van der Waals surface area (Å²) < 4.78 is 5.46. The third-order valence-corrected chi connectivity index (χ3v) is 6.43. The second-order valence-corrected chi connectivity index (χ2v) is 8.66. The van der Waals surface area contributed by atoms with Crippen LogP contribution < -0.4 is 21.3 Å². The summed E-state index contributed by atoms with van der Waals surface area (Å²) in [4.78, 5) is 38.8. The number of nitrogen functional groups attached to an aromatic ring is 1. The van der Waals surface area contributed by atoms with Gasteiger partial charge in [-0.15, -0.1) is 11.8 Å². The fourth-order valence-corrected chi connectivity index (χ4v) is 4.58. The van der Waals surface area contributed by atoms with Gasteiger partial charge in [-0.2, -0.15) is 0 Å². The second kappa shape index (κ2) is 9.07. The van der Waals surface area contributed by atoms with Gasteiger partial charge >= 0.3 is 6.09 Å². The number of amides is 3. The van der Waals surface area contributed by atoms with Crippen LogP contribution in [0.1, 0.15) is 23.2 Å². The van der Waals surface area contributed by atoms with E-state index in [1.54, 1.807) is 29.2 Å². The van der Waals surface area contributed by atoms with Crippen LogP contribution in [-0.2, 0) is 9.53 Å². The van der Waals surface area contributed by atoms with Crippen LogP contribution in [0.4, 0.5) is 21.9 Å². The van der Waals surface area contributed by atoms with Gasteiger partial charge in [0.25, 0.3) is 5.91 Å². The van der Waals surface area contributed by atoms with E-state index < -0.39 is 6.09 Å². The number of anilines is 3. The molecule has 31 heavy (non-hydrogen) atoms. The van der Waals surface area contributed by atoms with Crippen molar-refractivity contribution < 1.29 is 19.1 Å². The van der Waals surface area contributed by atoms with Gasteiger partial charge in [-0.3, -0.25) is 14.5 Å². The van der Waals surface area contributed by atoms with E-state index in [1.807, 2.05) is 12.1 Å². The van der Waals surface area contributed by atoms with E-state index in [2.05, 4.69) is 10.6 Å². The highest BCUT2D eigenvalue weighted by molar-refractivity contribution is 8.00. The number of benzene rings is 2. The summed E-state index contributed by atoms with van der Waals surface area (Å²) in [5.41, 5.74) is 7.80. The smallest absolute Gasteiger partial charge is 0.414 e. The Morgan fingerprint density at radius 1 is 1.32 bits per heavy atom. The van der Waals surface area contributed by atoms with Crippen LogP contribution in [0, 0.1) is 0 Å². The number of nitrogens with one attached hydrogen (secondary N) is 2. The van der Waals surface area contributed by atoms with Gasteiger partial charge in [-0.1, -0.05) is 17.7 Å². The average molecular weight is 461 g/mol. The van der Waals surface area contributed by atoms with Gasteiger partial charge in [-0.25, -0.2) is 4.79 Å². The first-order valence-electron chi connectivity index (χ1n) is 9.79. The molecule has 0 aromatic heterocycles. The van der Waals surface area contributed by atoms with Crippen LogP contribution >= 0.6 is 23.4 Å². The molecule has 8 nitrogen and oxygen atoms in total. The Balaban J connectivity index is 1.29. The van der Waals surface area contributed by atoms with E-state index in [9.17, 15) is 14.4 Å². The van der Waals surface area contributed by atoms with E-state index in [1.165, 1.54) is 11.8 Å². The van der Waals surface area contributed by atoms with E-state index in [0.29, 0.717) is 53.8 Å². The molecule has 2 aromatic carbocycles. The van der Waals surface area contributed by atoms with E-state index in [4.69, 9.17) is 22.1 Å². The van der Waals surface area contributed by atoms with Crippen molar-refractivity contribution in [1.82, 2.24) is 5.32 Å². The van der Waals surface area contributed by atoms with Gasteiger partial charge in [0.15, 0.2) is 0 Å². The number of ether oxygens (including phenoxy) is 1. The SMILES string of the molecule is Nc1cccc(Cl)c1C(=O)NCCCC1CN(c2ccc3c(c2)NC(=O)CS3)C(=O)O1. The minimum atomic E-state index is -0.424. The molecule has 4 N–H and O–H groups in total. The first-order valence-corrected chi connectivity index (χ1v) is 11.2. The number of cyclic esters (lactones) is 1. The van der Waals surface area contributed by atoms with Gasteiger partial charge in [0.05, 0.1) is 28.6 Å². The molecule has 2 aliphatic rings. The van der Waals surface area contributed by atoms with Crippen molar-refractivity contribution in [1.29, 1.82) is 0 Å². The van der Waals surface area contributed by atoms with E-state index in [-0.39, 0.29) is 23.5 Å². The standard InChI is InChI=1S/C21H21ClN4O4S/c22-14-4-1-5-15(23)19(14)20(28)24-8-2-3-13-10-26(21(29)30-13)12-6-7-17-16(9-12)25-18(27)11-31-17/h1,4-7,9,13H,2-3,8,10-11,23H2,(H,24,28)(H,25,27). The molecule has 2 aliphatic heterocycles. The summed E-state index contributed by atoms with van der Waals surface area (Å²) in [6.45, 7) is 0.809. The fourth-order valence-electron chi connectivity index (χ4n) is 3.52. The normalized spacial score (nSPS) is 17.7. The van der Waals surface area contributed by atoms with Gasteiger partial charge in [0.1, 0.15) is 6.10 Å². The molecule has 10 heteroatoms. The Labute approximate surface area is 188 Å². The van der Waals surface area contributed by atoms with Gasteiger partial charge in [0.2, 0.25) is 5.91 Å². The second-order valence-electron chi connectivity index (χ2n) is 7.24. The lowest BCUT2D eigenvalue weighted by molar-refractivity contribution is -0.113. The van der Waals surface area contributed by atoms with Crippen molar-refractivity contribution >= 4 is 58.3 Å². The Kier molecular flexibility index (Phi) is 6.24.